The fourth-order valence-electron chi connectivity index (χ4n) is 2.60. The maximum Gasteiger partial charge on any atom is 0.0421 e. The van der Waals surface area contributed by atoms with Gasteiger partial charge in [-0.1, -0.05) is 13.3 Å². The van der Waals surface area contributed by atoms with Crippen LogP contribution in [0, 0.1) is 0 Å². The van der Waals surface area contributed by atoms with Gasteiger partial charge in [0.25, 0.3) is 0 Å². The molecule has 82 valence electrons. The average Bonchev–Trinajstić information content (AvgIpc) is 2.71. The minimum atomic E-state index is 0.757. The van der Waals surface area contributed by atoms with E-state index >= 15 is 0 Å². The maximum absolute atomic E-state index is 3.57. The molecule has 0 spiro atoms. The van der Waals surface area contributed by atoms with E-state index in [0.717, 1.165) is 18.0 Å². The molecular formula is C11H22N2S. The molecule has 2 saturated heterocycles. The normalized spacial score (nSPS) is 34.9. The van der Waals surface area contributed by atoms with Crippen molar-refractivity contribution in [3.63, 3.8) is 0 Å². The molecule has 2 atom stereocenters. The number of hydrogen-bond acceptors (Lipinski definition) is 3. The summed E-state index contributed by atoms with van der Waals surface area (Å²) in [6, 6.07) is 1.63. The fourth-order valence-corrected chi connectivity index (χ4v) is 3.58. The van der Waals surface area contributed by atoms with Crippen LogP contribution in [0.15, 0.2) is 0 Å². The molecule has 0 aliphatic carbocycles. The summed E-state index contributed by atoms with van der Waals surface area (Å²) < 4.78 is 0. The van der Waals surface area contributed by atoms with Gasteiger partial charge in [-0.15, -0.1) is 11.8 Å². The van der Waals surface area contributed by atoms with Crippen molar-refractivity contribution in [3.8, 4) is 0 Å². The van der Waals surface area contributed by atoms with Crippen LogP contribution in [0.1, 0.15) is 32.6 Å². The van der Waals surface area contributed by atoms with Crippen molar-refractivity contribution in [2.45, 2.75) is 44.7 Å². The molecule has 0 aromatic rings. The van der Waals surface area contributed by atoms with E-state index < -0.39 is 0 Å². The lowest BCUT2D eigenvalue weighted by Crippen LogP contribution is -2.46. The Morgan fingerprint density at radius 2 is 2.36 bits per heavy atom. The number of likely N-dealkylation sites (tertiary alicyclic amines) is 1. The summed E-state index contributed by atoms with van der Waals surface area (Å²) >= 11 is 2.04. The first-order valence-corrected chi connectivity index (χ1v) is 7.11. The number of thioether (sulfide) groups is 1. The molecule has 14 heavy (non-hydrogen) atoms. The number of nitrogens with one attached hydrogen (secondary N) is 1. The number of nitrogens with zero attached hydrogens (tertiary/aromatic N) is 1. The van der Waals surface area contributed by atoms with Crippen LogP contribution in [0.5, 0.6) is 0 Å². The average molecular weight is 214 g/mol. The van der Waals surface area contributed by atoms with Crippen molar-refractivity contribution >= 4 is 11.8 Å². The number of piperidine rings is 1. The molecule has 0 amide bonds. The fraction of sp³-hybridized carbons (Fsp3) is 1.00. The Morgan fingerprint density at radius 3 is 3.07 bits per heavy atom. The lowest BCUT2D eigenvalue weighted by Gasteiger charge is -2.36. The summed E-state index contributed by atoms with van der Waals surface area (Å²) in [7, 11) is 0. The topological polar surface area (TPSA) is 15.3 Å². The van der Waals surface area contributed by atoms with E-state index in [1.165, 1.54) is 44.5 Å². The summed E-state index contributed by atoms with van der Waals surface area (Å²) in [5, 5.41) is 3.57. The predicted octanol–water partition coefficient (Wildman–Crippen LogP) is 1.91. The van der Waals surface area contributed by atoms with Gasteiger partial charge in [-0.2, -0.15) is 0 Å². The molecule has 2 heterocycles. The van der Waals surface area contributed by atoms with Crippen LogP contribution >= 0.6 is 11.8 Å². The standard InChI is InChI=1S/C11H22N2S/c1-2-11-5-3-4-6-13(11)7-10-8-14-9-12-10/h10-12H,2-9H2,1H3. The van der Waals surface area contributed by atoms with Crippen molar-refractivity contribution in [1.82, 2.24) is 10.2 Å². The van der Waals surface area contributed by atoms with E-state index in [1.54, 1.807) is 0 Å². The second kappa shape index (κ2) is 5.38. The molecule has 2 unspecified atom stereocenters. The van der Waals surface area contributed by atoms with Crippen LogP contribution in [0.2, 0.25) is 0 Å². The van der Waals surface area contributed by atoms with Crippen LogP contribution in [0.3, 0.4) is 0 Å². The largest absolute Gasteiger partial charge is 0.303 e. The highest BCUT2D eigenvalue weighted by Gasteiger charge is 2.24. The van der Waals surface area contributed by atoms with Crippen LogP contribution in [0.25, 0.3) is 0 Å². The Morgan fingerprint density at radius 1 is 1.43 bits per heavy atom. The molecule has 0 bridgehead atoms. The van der Waals surface area contributed by atoms with E-state index in [2.05, 4.69) is 17.1 Å². The minimum absolute atomic E-state index is 0.757. The molecule has 0 aromatic carbocycles. The highest BCUT2D eigenvalue weighted by Crippen LogP contribution is 2.21. The number of rotatable bonds is 3. The monoisotopic (exact) mass is 214 g/mol. The summed E-state index contributed by atoms with van der Waals surface area (Å²) in [5.74, 6) is 2.47. The number of hydrogen-bond donors (Lipinski definition) is 1. The summed E-state index contributed by atoms with van der Waals surface area (Å²) in [6.07, 6.45) is 5.62. The molecule has 0 aromatic heterocycles. The molecule has 0 radical (unpaired) electrons. The van der Waals surface area contributed by atoms with Crippen LogP contribution in [0.4, 0.5) is 0 Å². The summed E-state index contributed by atoms with van der Waals surface area (Å²) in [6.45, 7) is 4.95. The lowest BCUT2D eigenvalue weighted by molar-refractivity contribution is 0.135. The van der Waals surface area contributed by atoms with Gasteiger partial charge in [0.1, 0.15) is 0 Å². The van der Waals surface area contributed by atoms with E-state index in [-0.39, 0.29) is 0 Å². The molecule has 2 rings (SSSR count). The van der Waals surface area contributed by atoms with Crippen molar-refractivity contribution in [2.75, 3.05) is 24.7 Å². The quantitative estimate of drug-likeness (QED) is 0.772. The van der Waals surface area contributed by atoms with Gasteiger partial charge in [-0.25, -0.2) is 0 Å². The molecule has 1 N–H and O–H groups in total. The maximum atomic E-state index is 3.57. The molecule has 0 saturated carbocycles. The Balaban J connectivity index is 1.81. The predicted molar refractivity (Wildman–Crippen MR) is 63.8 cm³/mol. The Bertz CT molecular complexity index is 169. The zero-order chi connectivity index (χ0) is 9.80. The second-order valence-corrected chi connectivity index (χ2v) is 5.50. The molecule has 3 heteroatoms. The molecular weight excluding hydrogens is 192 g/mol. The van der Waals surface area contributed by atoms with Gasteiger partial charge in [-0.05, 0) is 25.8 Å². The molecule has 2 fully saturated rings. The van der Waals surface area contributed by atoms with Gasteiger partial charge < -0.3 is 5.32 Å². The van der Waals surface area contributed by atoms with Gasteiger partial charge >= 0.3 is 0 Å². The van der Waals surface area contributed by atoms with Crippen LogP contribution in [-0.2, 0) is 0 Å². The third kappa shape index (κ3) is 2.65. The molecule has 2 aliphatic heterocycles. The minimum Gasteiger partial charge on any atom is -0.303 e. The van der Waals surface area contributed by atoms with Gasteiger partial charge in [-0.3, -0.25) is 4.90 Å². The lowest BCUT2D eigenvalue weighted by atomic mass is 9.99. The van der Waals surface area contributed by atoms with E-state index in [9.17, 15) is 0 Å². The zero-order valence-corrected chi connectivity index (χ0v) is 9.98. The van der Waals surface area contributed by atoms with Crippen molar-refractivity contribution in [1.29, 1.82) is 0 Å². The van der Waals surface area contributed by atoms with Gasteiger partial charge in [0.05, 0.1) is 0 Å². The molecule has 2 nitrogen and oxygen atoms in total. The van der Waals surface area contributed by atoms with Crippen LogP contribution in [-0.4, -0.2) is 41.7 Å². The Hall–Kier alpha value is 0.270. The van der Waals surface area contributed by atoms with Gasteiger partial charge in [0.2, 0.25) is 0 Å². The Labute approximate surface area is 91.8 Å². The SMILES string of the molecule is CCC1CCCCN1CC1CSCN1. The first kappa shape index (κ1) is 10.8. The van der Waals surface area contributed by atoms with Gasteiger partial charge in [0.15, 0.2) is 0 Å². The third-order valence-electron chi connectivity index (χ3n) is 3.47. The Kier molecular flexibility index (Phi) is 4.14. The van der Waals surface area contributed by atoms with Gasteiger partial charge in [0, 0.05) is 30.3 Å². The van der Waals surface area contributed by atoms with Crippen LogP contribution < -0.4 is 5.32 Å². The highest BCUT2D eigenvalue weighted by molar-refractivity contribution is 7.99. The second-order valence-electron chi connectivity index (χ2n) is 4.47. The van der Waals surface area contributed by atoms with Crippen molar-refractivity contribution in [3.05, 3.63) is 0 Å². The summed E-state index contributed by atoms with van der Waals surface area (Å²) in [5.41, 5.74) is 0. The molecule has 2 aliphatic rings. The highest BCUT2D eigenvalue weighted by atomic mass is 32.2. The van der Waals surface area contributed by atoms with E-state index in [0.29, 0.717) is 0 Å². The first-order chi connectivity index (χ1) is 6.90. The van der Waals surface area contributed by atoms with E-state index in [4.69, 9.17) is 0 Å². The van der Waals surface area contributed by atoms with Crippen molar-refractivity contribution < 1.29 is 0 Å². The smallest absolute Gasteiger partial charge is 0.0421 e. The van der Waals surface area contributed by atoms with Crippen molar-refractivity contribution in [2.24, 2.45) is 0 Å². The first-order valence-electron chi connectivity index (χ1n) is 5.95. The zero-order valence-electron chi connectivity index (χ0n) is 9.17. The third-order valence-corrected chi connectivity index (χ3v) is 4.48. The van der Waals surface area contributed by atoms with E-state index in [1.807, 2.05) is 11.8 Å². The summed E-state index contributed by atoms with van der Waals surface area (Å²) in [4.78, 5) is 2.72.